The van der Waals surface area contributed by atoms with Crippen LogP contribution in [0.25, 0.3) is 0 Å². The van der Waals surface area contributed by atoms with Crippen LogP contribution in [0.1, 0.15) is 5.56 Å². The van der Waals surface area contributed by atoms with Crippen molar-refractivity contribution in [2.45, 2.75) is 6.18 Å². The van der Waals surface area contributed by atoms with E-state index in [2.05, 4.69) is 21.2 Å². The van der Waals surface area contributed by atoms with Crippen LogP contribution in [0.3, 0.4) is 0 Å². The molecule has 0 bridgehead atoms. The van der Waals surface area contributed by atoms with E-state index in [-0.39, 0.29) is 33.6 Å². The average molecular weight is 462 g/mol. The number of anilines is 1. The van der Waals surface area contributed by atoms with Gasteiger partial charge in [-0.1, -0.05) is 0 Å². The number of rotatable bonds is 4. The van der Waals surface area contributed by atoms with E-state index in [0.717, 1.165) is 18.3 Å². The molecule has 0 radical (unpaired) electrons. The lowest BCUT2D eigenvalue weighted by atomic mass is 10.2. The molecule has 2 aromatic carbocycles. The smallest absolute Gasteiger partial charge is 0.416 e. The number of nitriles is 2. The number of hydrogen-bond donors (Lipinski definition) is 1. The number of hydrogen-bond acceptors (Lipinski definition) is 4. The minimum absolute atomic E-state index is 0.0594. The average Bonchev–Trinajstić information content (AvgIpc) is 2.60. The lowest BCUT2D eigenvalue weighted by Crippen LogP contribution is -2.07. The molecule has 0 aliphatic carbocycles. The van der Waals surface area contributed by atoms with E-state index in [1.54, 1.807) is 0 Å². The summed E-state index contributed by atoms with van der Waals surface area (Å²) in [6.07, 6.45) is -4.07. The van der Waals surface area contributed by atoms with Crippen LogP contribution in [-0.4, -0.2) is 0 Å². The van der Waals surface area contributed by atoms with Gasteiger partial charge in [-0.3, -0.25) is 0 Å². The minimum atomic E-state index is -4.96. The Bertz CT molecular complexity index is 998. The van der Waals surface area contributed by atoms with Gasteiger partial charge < -0.3 is 10.1 Å². The summed E-state index contributed by atoms with van der Waals surface area (Å²) in [4.78, 5) is 0. The number of ether oxygens (including phenoxy) is 1. The van der Waals surface area contributed by atoms with E-state index in [4.69, 9.17) is 15.3 Å². The normalized spacial score (nSPS) is 10.6. The van der Waals surface area contributed by atoms with Gasteiger partial charge >= 0.3 is 6.18 Å². The molecule has 0 spiro atoms. The number of nitrogens with one attached hydrogen (secondary N) is 1. The first-order valence-electron chi connectivity index (χ1n) is 7.07. The summed E-state index contributed by atoms with van der Waals surface area (Å²) >= 11 is 2.90. The summed E-state index contributed by atoms with van der Waals surface area (Å²) < 4.78 is 84.5. The van der Waals surface area contributed by atoms with Gasteiger partial charge in [0, 0.05) is 12.3 Å². The molecule has 0 unspecified atom stereocenters. The number of nitrogens with zero attached hydrogens (tertiary/aromatic N) is 2. The van der Waals surface area contributed by atoms with E-state index >= 15 is 0 Å². The van der Waals surface area contributed by atoms with Crippen LogP contribution in [0, 0.1) is 40.1 Å². The number of alkyl halides is 3. The van der Waals surface area contributed by atoms with Crippen molar-refractivity contribution in [2.24, 2.45) is 0 Å². The van der Waals surface area contributed by atoms with Crippen LogP contribution in [-0.2, 0) is 6.18 Å². The third-order valence-electron chi connectivity index (χ3n) is 3.17. The molecular formula is C17H6BrF6N3O. The summed E-state index contributed by atoms with van der Waals surface area (Å²) in [5.74, 6) is -5.58. The maximum absolute atomic E-state index is 14.0. The molecule has 0 fully saturated rings. The van der Waals surface area contributed by atoms with Crippen molar-refractivity contribution in [2.75, 3.05) is 5.32 Å². The fourth-order valence-corrected chi connectivity index (χ4v) is 2.28. The molecule has 2 rings (SSSR count). The third kappa shape index (κ3) is 4.75. The molecule has 28 heavy (non-hydrogen) atoms. The summed E-state index contributed by atoms with van der Waals surface area (Å²) in [6, 6.07) is 4.95. The van der Waals surface area contributed by atoms with Crippen molar-refractivity contribution in [1.29, 1.82) is 10.5 Å². The topological polar surface area (TPSA) is 68.8 Å². The summed E-state index contributed by atoms with van der Waals surface area (Å²) in [5.41, 5.74) is -2.25. The predicted molar refractivity (Wildman–Crippen MR) is 88.5 cm³/mol. The molecule has 0 aromatic heterocycles. The van der Waals surface area contributed by atoms with Crippen LogP contribution in [0.15, 0.2) is 40.5 Å². The SMILES string of the molecule is N#CC(C#N)=CNc1cc(Oc2c(F)cc(C(F)(F)F)cc2F)c(Br)cc1F. The second-order valence-corrected chi connectivity index (χ2v) is 5.91. The molecule has 0 saturated carbocycles. The second kappa shape index (κ2) is 8.23. The summed E-state index contributed by atoms with van der Waals surface area (Å²) in [5, 5.41) is 19.6. The zero-order valence-corrected chi connectivity index (χ0v) is 14.9. The van der Waals surface area contributed by atoms with Crippen molar-refractivity contribution in [3.05, 3.63) is 63.5 Å². The first-order valence-corrected chi connectivity index (χ1v) is 7.86. The van der Waals surface area contributed by atoms with Gasteiger partial charge in [-0.2, -0.15) is 23.7 Å². The van der Waals surface area contributed by atoms with Crippen molar-refractivity contribution >= 4 is 21.6 Å². The molecule has 0 aliphatic rings. The van der Waals surface area contributed by atoms with Crippen LogP contribution in [0.2, 0.25) is 0 Å². The Hall–Kier alpha value is -3.18. The molecule has 0 heterocycles. The molecule has 2 aromatic rings. The van der Waals surface area contributed by atoms with Crippen LogP contribution >= 0.6 is 15.9 Å². The Balaban J connectivity index is 2.42. The molecule has 0 amide bonds. The third-order valence-corrected chi connectivity index (χ3v) is 3.79. The van der Waals surface area contributed by atoms with Gasteiger partial charge in [0.1, 0.15) is 29.3 Å². The fraction of sp³-hybridized carbons (Fsp3) is 0.0588. The fourth-order valence-electron chi connectivity index (χ4n) is 1.89. The van der Waals surface area contributed by atoms with Crippen LogP contribution in [0.5, 0.6) is 11.5 Å². The minimum Gasteiger partial charge on any atom is -0.450 e. The van der Waals surface area contributed by atoms with E-state index < -0.39 is 34.9 Å². The molecular weight excluding hydrogens is 456 g/mol. The second-order valence-electron chi connectivity index (χ2n) is 5.06. The highest BCUT2D eigenvalue weighted by Crippen LogP contribution is 2.38. The van der Waals surface area contributed by atoms with Crippen LogP contribution in [0.4, 0.5) is 32.0 Å². The highest BCUT2D eigenvalue weighted by atomic mass is 79.9. The standard InChI is InChI=1S/C17H6BrF6N3O/c18-10-3-11(19)14(27-7-8(5-25)6-26)4-15(10)28-16-12(20)1-9(2-13(16)21)17(22,23)24/h1-4,7,27H. The van der Waals surface area contributed by atoms with Gasteiger partial charge in [0.15, 0.2) is 17.4 Å². The van der Waals surface area contributed by atoms with E-state index in [1.165, 1.54) is 12.1 Å². The van der Waals surface area contributed by atoms with E-state index in [9.17, 15) is 26.3 Å². The van der Waals surface area contributed by atoms with Gasteiger partial charge in [0.05, 0.1) is 15.7 Å². The quantitative estimate of drug-likeness (QED) is 0.446. The Morgan fingerprint density at radius 3 is 2.07 bits per heavy atom. The number of halogens is 7. The Labute approximate surface area is 162 Å². The molecule has 144 valence electrons. The molecule has 4 nitrogen and oxygen atoms in total. The van der Waals surface area contributed by atoms with Gasteiger partial charge in [0.25, 0.3) is 0 Å². The number of benzene rings is 2. The molecule has 11 heteroatoms. The lowest BCUT2D eigenvalue weighted by Gasteiger charge is -2.14. The van der Waals surface area contributed by atoms with Gasteiger partial charge in [-0.15, -0.1) is 0 Å². The van der Waals surface area contributed by atoms with E-state index in [0.29, 0.717) is 0 Å². The molecule has 0 atom stereocenters. The Kier molecular flexibility index (Phi) is 6.21. The first-order chi connectivity index (χ1) is 13.1. The van der Waals surface area contributed by atoms with Gasteiger partial charge in [-0.05, 0) is 34.1 Å². The van der Waals surface area contributed by atoms with Crippen molar-refractivity contribution in [1.82, 2.24) is 0 Å². The summed E-state index contributed by atoms with van der Waals surface area (Å²) in [7, 11) is 0. The lowest BCUT2D eigenvalue weighted by molar-refractivity contribution is -0.138. The monoisotopic (exact) mass is 461 g/mol. The first kappa shape index (κ1) is 21.1. The summed E-state index contributed by atoms with van der Waals surface area (Å²) in [6.45, 7) is 0. The molecule has 0 saturated heterocycles. The van der Waals surface area contributed by atoms with Crippen molar-refractivity contribution in [3.63, 3.8) is 0 Å². The molecule has 0 aliphatic heterocycles. The predicted octanol–water partition coefficient (Wildman–Crippen LogP) is 6.02. The van der Waals surface area contributed by atoms with Gasteiger partial charge in [0.2, 0.25) is 0 Å². The highest BCUT2D eigenvalue weighted by molar-refractivity contribution is 9.10. The zero-order chi connectivity index (χ0) is 21.1. The van der Waals surface area contributed by atoms with E-state index in [1.807, 2.05) is 0 Å². The Morgan fingerprint density at radius 2 is 1.57 bits per heavy atom. The van der Waals surface area contributed by atoms with Crippen molar-refractivity contribution in [3.8, 4) is 23.6 Å². The Morgan fingerprint density at radius 1 is 1.00 bits per heavy atom. The number of allylic oxidation sites excluding steroid dienone is 1. The van der Waals surface area contributed by atoms with Crippen molar-refractivity contribution < 1.29 is 31.1 Å². The largest absolute Gasteiger partial charge is 0.450 e. The molecule has 1 N–H and O–H groups in total. The highest BCUT2D eigenvalue weighted by Gasteiger charge is 2.33. The van der Waals surface area contributed by atoms with Crippen LogP contribution < -0.4 is 10.1 Å². The maximum Gasteiger partial charge on any atom is 0.416 e. The maximum atomic E-state index is 14.0. The van der Waals surface area contributed by atoms with Gasteiger partial charge in [-0.25, -0.2) is 13.2 Å². The zero-order valence-electron chi connectivity index (χ0n) is 13.3.